The fourth-order valence-corrected chi connectivity index (χ4v) is 5.34. The Hall–Kier alpha value is -1.15. The van der Waals surface area contributed by atoms with Gasteiger partial charge in [0.1, 0.15) is 0 Å². The van der Waals surface area contributed by atoms with Gasteiger partial charge in [0.25, 0.3) is 0 Å². The van der Waals surface area contributed by atoms with E-state index in [0.29, 0.717) is 44.1 Å². The molecule has 1 aromatic rings. The third kappa shape index (κ3) is 4.53. The van der Waals surface area contributed by atoms with E-state index < -0.39 is 20.5 Å². The van der Waals surface area contributed by atoms with Crippen LogP contribution < -0.4 is 10.6 Å². The van der Waals surface area contributed by atoms with Gasteiger partial charge in [0, 0.05) is 31.8 Å². The van der Waals surface area contributed by atoms with E-state index in [2.05, 4.69) is 10.6 Å². The molecule has 1 aliphatic carbocycles. The molecule has 1 saturated carbocycles. The lowest BCUT2D eigenvalue weighted by Crippen LogP contribution is -2.51. The lowest BCUT2D eigenvalue weighted by atomic mass is 10.1. The predicted molar refractivity (Wildman–Crippen MR) is 97.6 cm³/mol. The van der Waals surface area contributed by atoms with Crippen molar-refractivity contribution in [1.29, 1.82) is 0 Å². The van der Waals surface area contributed by atoms with E-state index in [-0.39, 0.29) is 4.90 Å². The molecule has 0 bridgehead atoms. The van der Waals surface area contributed by atoms with Gasteiger partial charge in [-0.05, 0) is 37.1 Å². The van der Waals surface area contributed by atoms with Gasteiger partial charge >= 0.3 is 0 Å². The van der Waals surface area contributed by atoms with Crippen LogP contribution in [0.25, 0.3) is 0 Å². The molecule has 0 unspecified atom stereocenters. The molecule has 2 rings (SSSR count). The Bertz CT molecular complexity index is 670. The molecule has 0 aromatic heterocycles. The highest BCUT2D eigenvalue weighted by atomic mass is 35.5. The first-order valence-electron chi connectivity index (χ1n) is 8.42. The van der Waals surface area contributed by atoms with Crippen molar-refractivity contribution in [3.05, 3.63) is 29.3 Å². The molecular weight excluding hydrogens is 364 g/mol. The number of carbonyl (C=O) groups is 1. The fourth-order valence-electron chi connectivity index (χ4n) is 3.13. The van der Waals surface area contributed by atoms with Crippen LogP contribution in [0.3, 0.4) is 0 Å². The van der Waals surface area contributed by atoms with Crippen molar-refractivity contribution in [2.45, 2.75) is 35.3 Å². The molecule has 6 nitrogen and oxygen atoms in total. The first kappa shape index (κ1) is 20.2. The summed E-state index contributed by atoms with van der Waals surface area (Å²) >= 11 is 5.85. The minimum atomic E-state index is -3.78. The van der Waals surface area contributed by atoms with E-state index in [1.54, 1.807) is 7.11 Å². The van der Waals surface area contributed by atoms with E-state index >= 15 is 0 Å². The Kier molecular flexibility index (Phi) is 7.25. The molecule has 1 fully saturated rings. The summed E-state index contributed by atoms with van der Waals surface area (Å²) < 4.78 is 29.8. The van der Waals surface area contributed by atoms with Crippen LogP contribution in [0.15, 0.2) is 29.2 Å². The van der Waals surface area contributed by atoms with Gasteiger partial charge in [-0.1, -0.05) is 24.4 Å². The maximum absolute atomic E-state index is 13.1. The molecule has 0 radical (unpaired) electrons. The number of methoxy groups -OCH3 is 1. The summed E-state index contributed by atoms with van der Waals surface area (Å²) in [5.41, 5.74) is 0. The molecule has 0 heterocycles. The van der Waals surface area contributed by atoms with Gasteiger partial charge in [-0.25, -0.2) is 8.42 Å². The SMILES string of the molecule is COCCNCCNC(=O)C1(S(=O)(=O)c2ccc(Cl)cc2)CCCC1. The second kappa shape index (κ2) is 8.98. The smallest absolute Gasteiger partial charge is 0.241 e. The molecule has 0 saturated heterocycles. The maximum Gasteiger partial charge on any atom is 0.241 e. The highest BCUT2D eigenvalue weighted by Crippen LogP contribution is 2.40. The van der Waals surface area contributed by atoms with Gasteiger partial charge in [-0.2, -0.15) is 0 Å². The van der Waals surface area contributed by atoms with E-state index in [1.165, 1.54) is 24.3 Å². The average Bonchev–Trinajstić information content (AvgIpc) is 3.10. The molecular formula is C17H25ClN2O4S. The lowest BCUT2D eigenvalue weighted by Gasteiger charge is -2.27. The molecule has 2 N–H and O–H groups in total. The quantitative estimate of drug-likeness (QED) is 0.630. The van der Waals surface area contributed by atoms with Gasteiger partial charge < -0.3 is 15.4 Å². The summed E-state index contributed by atoms with van der Waals surface area (Å²) in [4.78, 5) is 12.9. The molecule has 0 aliphatic heterocycles. The first-order chi connectivity index (χ1) is 11.9. The fraction of sp³-hybridized carbons (Fsp3) is 0.588. The molecule has 1 aliphatic rings. The van der Waals surface area contributed by atoms with Gasteiger partial charge in [0.05, 0.1) is 11.5 Å². The third-order valence-electron chi connectivity index (χ3n) is 4.53. The number of ether oxygens (including phenoxy) is 1. The predicted octanol–water partition coefficient (Wildman–Crippen LogP) is 1.78. The molecule has 0 spiro atoms. The van der Waals surface area contributed by atoms with Crippen LogP contribution >= 0.6 is 11.6 Å². The van der Waals surface area contributed by atoms with Crippen LogP contribution in [-0.2, 0) is 19.4 Å². The molecule has 8 heteroatoms. The van der Waals surface area contributed by atoms with E-state index in [1.807, 2.05) is 0 Å². The summed E-state index contributed by atoms with van der Waals surface area (Å²) in [6.45, 7) is 2.20. The zero-order valence-corrected chi connectivity index (χ0v) is 16.0. The molecule has 1 aromatic carbocycles. The normalized spacial score (nSPS) is 16.7. The minimum absolute atomic E-state index is 0.146. The number of rotatable bonds is 9. The number of hydrogen-bond donors (Lipinski definition) is 2. The number of carbonyl (C=O) groups excluding carboxylic acids is 1. The van der Waals surface area contributed by atoms with Gasteiger partial charge in [0.2, 0.25) is 5.91 Å². The maximum atomic E-state index is 13.1. The zero-order valence-electron chi connectivity index (χ0n) is 14.4. The standard InChI is InChI=1S/C17H25ClN2O4S/c1-24-13-12-19-10-11-20-16(21)17(8-2-3-9-17)25(22,23)15-6-4-14(18)5-7-15/h4-7,19H,2-3,8-13H2,1H3,(H,20,21). The summed E-state index contributed by atoms with van der Waals surface area (Å²) in [6.07, 6.45) is 2.15. The summed E-state index contributed by atoms with van der Waals surface area (Å²) in [5, 5.41) is 6.36. The van der Waals surface area contributed by atoms with Crippen LogP contribution in [0, 0.1) is 0 Å². The highest BCUT2D eigenvalue weighted by molar-refractivity contribution is 7.93. The van der Waals surface area contributed by atoms with Crippen molar-refractivity contribution >= 4 is 27.3 Å². The minimum Gasteiger partial charge on any atom is -0.383 e. The van der Waals surface area contributed by atoms with E-state index in [9.17, 15) is 13.2 Å². The number of halogens is 1. The first-order valence-corrected chi connectivity index (χ1v) is 10.3. The van der Waals surface area contributed by atoms with E-state index in [0.717, 1.165) is 12.8 Å². The number of nitrogens with one attached hydrogen (secondary N) is 2. The number of sulfone groups is 1. The lowest BCUT2D eigenvalue weighted by molar-refractivity contribution is -0.123. The van der Waals surface area contributed by atoms with Crippen molar-refractivity contribution in [2.24, 2.45) is 0 Å². The second-order valence-electron chi connectivity index (χ2n) is 6.16. The Morgan fingerprint density at radius 3 is 2.40 bits per heavy atom. The van der Waals surface area contributed by atoms with E-state index in [4.69, 9.17) is 16.3 Å². The largest absolute Gasteiger partial charge is 0.383 e. The highest BCUT2D eigenvalue weighted by Gasteiger charge is 2.52. The van der Waals surface area contributed by atoms with Crippen molar-refractivity contribution in [1.82, 2.24) is 10.6 Å². The summed E-state index contributed by atoms with van der Waals surface area (Å²) in [7, 11) is -2.16. The van der Waals surface area contributed by atoms with Crippen molar-refractivity contribution < 1.29 is 17.9 Å². The average molecular weight is 389 g/mol. The number of hydrogen-bond acceptors (Lipinski definition) is 5. The Morgan fingerprint density at radius 1 is 1.16 bits per heavy atom. The Morgan fingerprint density at radius 2 is 1.80 bits per heavy atom. The third-order valence-corrected chi connectivity index (χ3v) is 7.30. The molecule has 25 heavy (non-hydrogen) atoms. The van der Waals surface area contributed by atoms with Crippen LogP contribution in [0.5, 0.6) is 0 Å². The van der Waals surface area contributed by atoms with Crippen LogP contribution in [0.4, 0.5) is 0 Å². The van der Waals surface area contributed by atoms with Gasteiger partial charge in [-0.3, -0.25) is 4.79 Å². The zero-order chi connectivity index (χ0) is 18.3. The molecule has 1 amide bonds. The number of benzene rings is 1. The van der Waals surface area contributed by atoms with Crippen molar-refractivity contribution in [3.63, 3.8) is 0 Å². The van der Waals surface area contributed by atoms with Crippen molar-refractivity contribution in [3.8, 4) is 0 Å². The summed E-state index contributed by atoms with van der Waals surface area (Å²) in [6, 6.07) is 6.01. The van der Waals surface area contributed by atoms with Crippen LogP contribution in [0.1, 0.15) is 25.7 Å². The monoisotopic (exact) mass is 388 g/mol. The van der Waals surface area contributed by atoms with Gasteiger partial charge in [0.15, 0.2) is 14.6 Å². The Labute approximate surface area is 154 Å². The van der Waals surface area contributed by atoms with Crippen LogP contribution in [-0.4, -0.2) is 52.4 Å². The second-order valence-corrected chi connectivity index (χ2v) is 8.85. The van der Waals surface area contributed by atoms with Crippen molar-refractivity contribution in [2.75, 3.05) is 33.4 Å². The van der Waals surface area contributed by atoms with Crippen LogP contribution in [0.2, 0.25) is 5.02 Å². The molecule has 140 valence electrons. The summed E-state index contributed by atoms with van der Waals surface area (Å²) in [5.74, 6) is -0.409. The topological polar surface area (TPSA) is 84.5 Å². The van der Waals surface area contributed by atoms with Gasteiger partial charge in [-0.15, -0.1) is 0 Å². The molecule has 0 atom stereocenters. The number of amides is 1. The Balaban J connectivity index is 2.09.